The second-order valence-electron chi connectivity index (χ2n) is 4.33. The molecule has 7 nitrogen and oxygen atoms in total. The number of carboxylic acid groups (broad SMARTS) is 1. The second-order valence-corrected chi connectivity index (χ2v) is 4.33. The molecule has 2 rings (SSSR count). The maximum atomic E-state index is 12.0. The summed E-state index contributed by atoms with van der Waals surface area (Å²) in [7, 11) is 1.74. The van der Waals surface area contributed by atoms with Crippen LogP contribution in [0, 0.1) is 12.8 Å². The highest BCUT2D eigenvalue weighted by Gasteiger charge is 2.35. The molecule has 1 aromatic rings. The van der Waals surface area contributed by atoms with Crippen LogP contribution in [0.1, 0.15) is 16.1 Å². The average Bonchev–Trinajstić information content (AvgIpc) is 2.88. The van der Waals surface area contributed by atoms with E-state index in [2.05, 4.69) is 10.4 Å². The first-order valence-corrected chi connectivity index (χ1v) is 5.60. The Hall–Kier alpha value is -1.89. The standard InChI is InChI=1S/C11H15N3O4/c1-6-7(3-12-14(6)2)10(15)13-9-5-18-4-8(9)11(16)17/h3,8-9H,4-5H2,1-2H3,(H,13,15)(H,16,17). The van der Waals surface area contributed by atoms with Crippen LogP contribution >= 0.6 is 0 Å². The first-order chi connectivity index (χ1) is 8.50. The third-order valence-corrected chi connectivity index (χ3v) is 3.19. The minimum atomic E-state index is -0.958. The van der Waals surface area contributed by atoms with E-state index < -0.39 is 17.9 Å². The summed E-state index contributed by atoms with van der Waals surface area (Å²) in [5.41, 5.74) is 1.19. The summed E-state index contributed by atoms with van der Waals surface area (Å²) in [5.74, 6) is -1.96. The van der Waals surface area contributed by atoms with E-state index in [0.29, 0.717) is 5.56 Å². The molecule has 1 aromatic heterocycles. The van der Waals surface area contributed by atoms with E-state index in [1.807, 2.05) is 0 Å². The molecular weight excluding hydrogens is 238 g/mol. The van der Waals surface area contributed by atoms with Crippen molar-refractivity contribution >= 4 is 11.9 Å². The normalized spacial score (nSPS) is 23.0. The molecule has 0 aliphatic carbocycles. The summed E-state index contributed by atoms with van der Waals surface area (Å²) in [6, 6.07) is -0.491. The van der Waals surface area contributed by atoms with Gasteiger partial charge in [-0.25, -0.2) is 0 Å². The van der Waals surface area contributed by atoms with Gasteiger partial charge in [-0.3, -0.25) is 14.3 Å². The number of aliphatic carboxylic acids is 1. The van der Waals surface area contributed by atoms with Gasteiger partial charge in [0, 0.05) is 12.7 Å². The number of hydrogen-bond acceptors (Lipinski definition) is 4. The lowest BCUT2D eigenvalue weighted by Crippen LogP contribution is -2.42. The number of aromatic nitrogens is 2. The van der Waals surface area contributed by atoms with Crippen LogP contribution in [0.15, 0.2) is 6.20 Å². The highest BCUT2D eigenvalue weighted by Crippen LogP contribution is 2.15. The Morgan fingerprint density at radius 3 is 2.83 bits per heavy atom. The van der Waals surface area contributed by atoms with Crippen molar-refractivity contribution in [1.82, 2.24) is 15.1 Å². The Labute approximate surface area is 104 Å². The molecule has 98 valence electrons. The Morgan fingerprint density at radius 2 is 2.28 bits per heavy atom. The molecule has 2 N–H and O–H groups in total. The van der Waals surface area contributed by atoms with Crippen molar-refractivity contribution in [3.8, 4) is 0 Å². The van der Waals surface area contributed by atoms with E-state index in [9.17, 15) is 9.59 Å². The molecule has 1 fully saturated rings. The van der Waals surface area contributed by atoms with Gasteiger partial charge in [-0.1, -0.05) is 0 Å². The molecule has 1 aliphatic rings. The molecule has 18 heavy (non-hydrogen) atoms. The Morgan fingerprint density at radius 1 is 1.56 bits per heavy atom. The molecule has 0 bridgehead atoms. The van der Waals surface area contributed by atoms with E-state index in [1.165, 1.54) is 6.20 Å². The largest absolute Gasteiger partial charge is 0.481 e. The minimum Gasteiger partial charge on any atom is -0.481 e. The quantitative estimate of drug-likeness (QED) is 0.761. The maximum Gasteiger partial charge on any atom is 0.311 e. The number of carbonyl (C=O) groups excluding carboxylic acids is 1. The van der Waals surface area contributed by atoms with E-state index in [1.54, 1.807) is 18.7 Å². The molecule has 7 heteroatoms. The fourth-order valence-corrected chi connectivity index (χ4v) is 1.91. The molecule has 1 aliphatic heterocycles. The summed E-state index contributed by atoms with van der Waals surface area (Å²) in [5, 5.41) is 15.6. The number of nitrogens with zero attached hydrogens (tertiary/aromatic N) is 2. The molecule has 2 unspecified atom stereocenters. The fraction of sp³-hybridized carbons (Fsp3) is 0.545. The first kappa shape index (κ1) is 12.6. The van der Waals surface area contributed by atoms with E-state index in [0.717, 1.165) is 5.69 Å². The monoisotopic (exact) mass is 253 g/mol. The zero-order valence-electron chi connectivity index (χ0n) is 10.2. The van der Waals surface area contributed by atoms with E-state index in [-0.39, 0.29) is 19.1 Å². The zero-order chi connectivity index (χ0) is 13.3. The first-order valence-electron chi connectivity index (χ1n) is 5.60. The number of rotatable bonds is 3. The van der Waals surface area contributed by atoms with Crippen LogP contribution in [-0.2, 0) is 16.6 Å². The Bertz CT molecular complexity index is 483. The topological polar surface area (TPSA) is 93.4 Å². The minimum absolute atomic E-state index is 0.131. The van der Waals surface area contributed by atoms with Crippen molar-refractivity contribution in [3.05, 3.63) is 17.5 Å². The smallest absolute Gasteiger partial charge is 0.311 e. The van der Waals surface area contributed by atoms with Crippen molar-refractivity contribution < 1.29 is 19.4 Å². The number of ether oxygens (including phenoxy) is 1. The number of hydrogen-bond donors (Lipinski definition) is 2. The van der Waals surface area contributed by atoms with Crippen molar-refractivity contribution in [2.45, 2.75) is 13.0 Å². The predicted octanol–water partition coefficient (Wildman–Crippen LogP) is -0.442. The van der Waals surface area contributed by atoms with Crippen molar-refractivity contribution in [1.29, 1.82) is 0 Å². The van der Waals surface area contributed by atoms with Gasteiger partial charge in [0.2, 0.25) is 0 Å². The molecule has 1 saturated heterocycles. The lowest BCUT2D eigenvalue weighted by Gasteiger charge is -2.15. The van der Waals surface area contributed by atoms with Gasteiger partial charge >= 0.3 is 5.97 Å². The average molecular weight is 253 g/mol. The number of carbonyl (C=O) groups is 2. The van der Waals surface area contributed by atoms with Crippen LogP contribution in [-0.4, -0.2) is 46.0 Å². The predicted molar refractivity (Wildman–Crippen MR) is 61.1 cm³/mol. The lowest BCUT2D eigenvalue weighted by molar-refractivity contribution is -0.142. The molecule has 0 saturated carbocycles. The lowest BCUT2D eigenvalue weighted by atomic mass is 10.0. The van der Waals surface area contributed by atoms with Gasteiger partial charge in [-0.2, -0.15) is 5.10 Å². The molecule has 2 atom stereocenters. The molecule has 0 spiro atoms. The van der Waals surface area contributed by atoms with E-state index in [4.69, 9.17) is 9.84 Å². The van der Waals surface area contributed by atoms with Gasteiger partial charge in [0.15, 0.2) is 0 Å². The van der Waals surface area contributed by atoms with Crippen molar-refractivity contribution in [2.24, 2.45) is 13.0 Å². The zero-order valence-corrected chi connectivity index (χ0v) is 10.2. The summed E-state index contributed by atoms with van der Waals surface area (Å²) < 4.78 is 6.68. The van der Waals surface area contributed by atoms with Gasteiger partial charge in [-0.15, -0.1) is 0 Å². The van der Waals surface area contributed by atoms with Crippen LogP contribution < -0.4 is 5.32 Å². The molecule has 0 aromatic carbocycles. The van der Waals surface area contributed by atoms with E-state index >= 15 is 0 Å². The van der Waals surface area contributed by atoms with Gasteiger partial charge in [0.1, 0.15) is 5.92 Å². The second kappa shape index (κ2) is 4.77. The van der Waals surface area contributed by atoms with Gasteiger partial charge in [0.25, 0.3) is 5.91 Å². The Balaban J connectivity index is 2.08. The van der Waals surface area contributed by atoms with Gasteiger partial charge in [-0.05, 0) is 6.92 Å². The van der Waals surface area contributed by atoms with Crippen LogP contribution in [0.25, 0.3) is 0 Å². The van der Waals surface area contributed by atoms with Crippen molar-refractivity contribution in [3.63, 3.8) is 0 Å². The Kier molecular flexibility index (Phi) is 3.33. The van der Waals surface area contributed by atoms with Gasteiger partial charge < -0.3 is 15.2 Å². The number of aryl methyl sites for hydroxylation is 1. The third-order valence-electron chi connectivity index (χ3n) is 3.19. The maximum absolute atomic E-state index is 12.0. The highest BCUT2D eigenvalue weighted by atomic mass is 16.5. The summed E-state index contributed by atoms with van der Waals surface area (Å²) in [6.07, 6.45) is 1.47. The number of nitrogens with one attached hydrogen (secondary N) is 1. The highest BCUT2D eigenvalue weighted by molar-refractivity contribution is 5.95. The van der Waals surface area contributed by atoms with Crippen LogP contribution in [0.4, 0.5) is 0 Å². The van der Waals surface area contributed by atoms with Gasteiger partial charge in [0.05, 0.1) is 31.0 Å². The number of carboxylic acids is 1. The van der Waals surface area contributed by atoms with Crippen LogP contribution in [0.5, 0.6) is 0 Å². The molecule has 2 heterocycles. The molecular formula is C11H15N3O4. The molecule has 0 radical (unpaired) electrons. The van der Waals surface area contributed by atoms with Crippen LogP contribution in [0.2, 0.25) is 0 Å². The van der Waals surface area contributed by atoms with Crippen molar-refractivity contribution in [2.75, 3.05) is 13.2 Å². The summed E-state index contributed by atoms with van der Waals surface area (Å²) >= 11 is 0. The summed E-state index contributed by atoms with van der Waals surface area (Å²) in [4.78, 5) is 22.9. The van der Waals surface area contributed by atoms with Crippen LogP contribution in [0.3, 0.4) is 0 Å². The fourth-order valence-electron chi connectivity index (χ4n) is 1.91. The summed E-state index contributed by atoms with van der Waals surface area (Å²) in [6.45, 7) is 2.13. The SMILES string of the molecule is Cc1c(C(=O)NC2COCC2C(=O)O)cnn1C. The third kappa shape index (κ3) is 2.21. The molecule has 1 amide bonds. The number of amides is 1.